The molecular weight excluding hydrogens is 324 g/mol. The number of fused-ring (bicyclic) bond motifs is 1. The summed E-state index contributed by atoms with van der Waals surface area (Å²) in [5.74, 6) is 0.838. The van der Waals surface area contributed by atoms with E-state index in [0.717, 1.165) is 22.2 Å². The minimum atomic E-state index is -0.462. The van der Waals surface area contributed by atoms with Gasteiger partial charge >= 0.3 is 0 Å². The lowest BCUT2D eigenvalue weighted by Crippen LogP contribution is -2.30. The fourth-order valence-electron chi connectivity index (χ4n) is 3.27. The fraction of sp³-hybridized carbons (Fsp3) is 0.136. The van der Waals surface area contributed by atoms with Crippen LogP contribution in [0.4, 0.5) is 0 Å². The molecule has 0 bridgehead atoms. The van der Waals surface area contributed by atoms with Gasteiger partial charge in [-0.05, 0) is 30.7 Å². The average Bonchev–Trinajstić information content (AvgIpc) is 3.36. The Labute approximate surface area is 151 Å². The summed E-state index contributed by atoms with van der Waals surface area (Å²) in [6, 6.07) is 20.9. The molecule has 0 aliphatic carbocycles. The van der Waals surface area contributed by atoms with Gasteiger partial charge in [0.2, 0.25) is 0 Å². The van der Waals surface area contributed by atoms with Crippen LogP contribution in [0, 0.1) is 0 Å². The van der Waals surface area contributed by atoms with Gasteiger partial charge in [-0.15, -0.1) is 0 Å². The summed E-state index contributed by atoms with van der Waals surface area (Å²) < 4.78 is 5.49. The van der Waals surface area contributed by atoms with Gasteiger partial charge in [-0.1, -0.05) is 48.5 Å². The summed E-state index contributed by atoms with van der Waals surface area (Å²) in [7, 11) is 0. The van der Waals surface area contributed by atoms with Gasteiger partial charge < -0.3 is 9.40 Å². The number of furan rings is 1. The van der Waals surface area contributed by atoms with Gasteiger partial charge in [0, 0.05) is 22.7 Å². The zero-order valence-corrected chi connectivity index (χ0v) is 14.5. The van der Waals surface area contributed by atoms with E-state index in [4.69, 9.17) is 4.42 Å². The normalized spacial score (nSPS) is 13.6. The smallest absolute Gasteiger partial charge is 0.186 e. The first kappa shape index (κ1) is 16.4. The van der Waals surface area contributed by atoms with Crippen LogP contribution in [0.25, 0.3) is 10.9 Å². The van der Waals surface area contributed by atoms with E-state index >= 15 is 0 Å². The van der Waals surface area contributed by atoms with Gasteiger partial charge in [0.1, 0.15) is 5.76 Å². The Morgan fingerprint density at radius 2 is 1.77 bits per heavy atom. The summed E-state index contributed by atoms with van der Waals surface area (Å²) >= 11 is 0. The molecule has 4 aromatic rings. The molecule has 4 nitrogen and oxygen atoms in total. The monoisotopic (exact) mass is 344 g/mol. The average molecular weight is 344 g/mol. The number of benzene rings is 2. The molecule has 0 unspecified atom stereocenters. The van der Waals surface area contributed by atoms with Crippen LogP contribution >= 0.6 is 0 Å². The molecule has 4 rings (SSSR count). The zero-order chi connectivity index (χ0) is 17.9. The van der Waals surface area contributed by atoms with E-state index in [2.05, 4.69) is 10.3 Å². The molecule has 2 aromatic heterocycles. The van der Waals surface area contributed by atoms with E-state index in [1.807, 2.05) is 73.7 Å². The molecule has 0 spiro atoms. The lowest BCUT2D eigenvalue weighted by atomic mass is 9.96. The van der Waals surface area contributed by atoms with E-state index in [-0.39, 0.29) is 11.8 Å². The number of carbonyl (C=O) groups excluding carboxylic acids is 1. The van der Waals surface area contributed by atoms with Crippen molar-refractivity contribution in [1.29, 1.82) is 0 Å². The van der Waals surface area contributed by atoms with Crippen molar-refractivity contribution in [2.75, 3.05) is 0 Å². The summed E-state index contributed by atoms with van der Waals surface area (Å²) in [6.07, 6.45) is 3.44. The van der Waals surface area contributed by atoms with Crippen molar-refractivity contribution < 1.29 is 9.21 Å². The number of para-hydroxylation sites is 1. The van der Waals surface area contributed by atoms with Crippen LogP contribution in [0.5, 0.6) is 0 Å². The van der Waals surface area contributed by atoms with Gasteiger partial charge in [0.05, 0.1) is 18.3 Å². The first-order chi connectivity index (χ1) is 12.7. The number of aromatic amines is 1. The lowest BCUT2D eigenvalue weighted by Gasteiger charge is -2.21. The Bertz CT molecular complexity index is 1000. The Hall–Kier alpha value is -3.11. The Kier molecular flexibility index (Phi) is 4.42. The Morgan fingerprint density at radius 3 is 2.54 bits per heavy atom. The van der Waals surface area contributed by atoms with Gasteiger partial charge in [0.15, 0.2) is 5.78 Å². The van der Waals surface area contributed by atoms with Crippen molar-refractivity contribution in [3.63, 3.8) is 0 Å². The Balaban J connectivity index is 1.71. The molecule has 0 saturated heterocycles. The van der Waals surface area contributed by atoms with Crippen molar-refractivity contribution in [2.45, 2.75) is 19.0 Å². The molecule has 0 aliphatic rings. The molecule has 0 saturated carbocycles. The summed E-state index contributed by atoms with van der Waals surface area (Å²) in [5, 5.41) is 4.37. The first-order valence-electron chi connectivity index (χ1n) is 8.69. The molecule has 130 valence electrons. The van der Waals surface area contributed by atoms with Gasteiger partial charge in [-0.25, -0.2) is 0 Å². The molecule has 2 aromatic carbocycles. The Morgan fingerprint density at radius 1 is 1.00 bits per heavy atom. The number of hydrogen-bond acceptors (Lipinski definition) is 3. The van der Waals surface area contributed by atoms with Crippen LogP contribution in [0.2, 0.25) is 0 Å². The van der Waals surface area contributed by atoms with Crippen molar-refractivity contribution in [3.05, 3.63) is 96.1 Å². The van der Waals surface area contributed by atoms with Crippen LogP contribution in [0.3, 0.4) is 0 Å². The van der Waals surface area contributed by atoms with Crippen molar-refractivity contribution in [2.24, 2.45) is 0 Å². The van der Waals surface area contributed by atoms with Crippen LogP contribution in [0.1, 0.15) is 40.7 Å². The van der Waals surface area contributed by atoms with Crippen LogP contribution in [-0.4, -0.2) is 10.8 Å². The zero-order valence-electron chi connectivity index (χ0n) is 14.5. The first-order valence-corrected chi connectivity index (χ1v) is 8.69. The van der Waals surface area contributed by atoms with Crippen LogP contribution in [-0.2, 0) is 0 Å². The maximum Gasteiger partial charge on any atom is 0.186 e. The fourth-order valence-corrected chi connectivity index (χ4v) is 3.27. The third-order valence-electron chi connectivity index (χ3n) is 4.64. The van der Waals surface area contributed by atoms with Gasteiger partial charge in [-0.3, -0.25) is 10.1 Å². The van der Waals surface area contributed by atoms with E-state index in [1.54, 1.807) is 12.5 Å². The topological polar surface area (TPSA) is 58.0 Å². The highest BCUT2D eigenvalue weighted by Crippen LogP contribution is 2.27. The lowest BCUT2D eigenvalue weighted by molar-refractivity contribution is 0.0936. The molecule has 0 amide bonds. The number of nitrogens with one attached hydrogen (secondary N) is 2. The van der Waals surface area contributed by atoms with Crippen molar-refractivity contribution in [3.8, 4) is 0 Å². The van der Waals surface area contributed by atoms with E-state index in [1.165, 1.54) is 0 Å². The minimum absolute atomic E-state index is 0.0343. The number of ketones is 1. The van der Waals surface area contributed by atoms with Crippen molar-refractivity contribution in [1.82, 2.24) is 10.3 Å². The number of rotatable bonds is 6. The maximum absolute atomic E-state index is 13.4. The highest BCUT2D eigenvalue weighted by molar-refractivity contribution is 6.10. The molecule has 26 heavy (non-hydrogen) atoms. The van der Waals surface area contributed by atoms with Crippen LogP contribution < -0.4 is 5.32 Å². The number of hydrogen-bond donors (Lipinski definition) is 2. The summed E-state index contributed by atoms with van der Waals surface area (Å²) in [5.41, 5.74) is 2.58. The maximum atomic E-state index is 13.4. The molecule has 0 aliphatic heterocycles. The summed E-state index contributed by atoms with van der Waals surface area (Å²) in [4.78, 5) is 16.6. The second kappa shape index (κ2) is 7.02. The third-order valence-corrected chi connectivity index (χ3v) is 4.64. The SMILES string of the molecule is C[C@H](N[C@H](C(=O)c1c[nH]c2ccccc12)c1ccccc1)c1ccco1. The molecule has 4 heteroatoms. The predicted octanol–water partition coefficient (Wildman–Crippen LogP) is 5.04. The number of H-pyrrole nitrogens is 1. The van der Waals surface area contributed by atoms with Gasteiger partial charge in [0.25, 0.3) is 0 Å². The number of Topliss-reactive ketones (excluding diaryl/α,β-unsaturated/α-hetero) is 1. The number of carbonyl (C=O) groups is 1. The second-order valence-electron chi connectivity index (χ2n) is 6.36. The van der Waals surface area contributed by atoms with E-state index in [0.29, 0.717) is 5.56 Å². The van der Waals surface area contributed by atoms with Crippen LogP contribution in [0.15, 0.2) is 83.6 Å². The molecule has 2 heterocycles. The highest BCUT2D eigenvalue weighted by Gasteiger charge is 2.26. The standard InChI is InChI=1S/C22H20N2O2/c1-15(20-12-7-13-26-20)24-21(16-8-3-2-4-9-16)22(25)18-14-23-19-11-6-5-10-17(18)19/h2-15,21,23-24H,1H3/t15-,21-/m0/s1. The molecule has 0 radical (unpaired) electrons. The molecule has 2 N–H and O–H groups in total. The molecule has 0 fully saturated rings. The minimum Gasteiger partial charge on any atom is -0.468 e. The van der Waals surface area contributed by atoms with Crippen molar-refractivity contribution >= 4 is 16.7 Å². The van der Waals surface area contributed by atoms with E-state index in [9.17, 15) is 4.79 Å². The second-order valence-corrected chi connectivity index (χ2v) is 6.36. The van der Waals surface area contributed by atoms with E-state index < -0.39 is 6.04 Å². The summed E-state index contributed by atoms with van der Waals surface area (Å²) in [6.45, 7) is 2.00. The number of aromatic nitrogens is 1. The molecule has 2 atom stereocenters. The molecular formula is C22H20N2O2. The quantitative estimate of drug-likeness (QED) is 0.482. The highest BCUT2D eigenvalue weighted by atomic mass is 16.3. The predicted molar refractivity (Wildman–Crippen MR) is 102 cm³/mol. The third kappa shape index (κ3) is 3.07. The largest absolute Gasteiger partial charge is 0.468 e. The van der Waals surface area contributed by atoms with Gasteiger partial charge in [-0.2, -0.15) is 0 Å².